The zero-order chi connectivity index (χ0) is 7.40. The van der Waals surface area contributed by atoms with Crippen molar-refractivity contribution in [1.82, 2.24) is 14.8 Å². The number of alkyl halides is 1. The molecule has 0 atom stereocenters. The number of aromatic nitrogens is 3. The molecule has 1 N–H and O–H groups in total. The Morgan fingerprint density at radius 2 is 2.40 bits per heavy atom. The predicted molar refractivity (Wildman–Crippen MR) is 31.9 cm³/mol. The van der Waals surface area contributed by atoms with Gasteiger partial charge in [-0.25, -0.2) is 14.1 Å². The molecular formula is C5H7FN4. The minimum absolute atomic E-state index is 0.0137. The first-order valence-electron chi connectivity index (χ1n) is 2.83. The molecule has 0 saturated heterocycles. The molecule has 0 radical (unpaired) electrons. The van der Waals surface area contributed by atoms with Crippen molar-refractivity contribution in [3.63, 3.8) is 0 Å². The van der Waals surface area contributed by atoms with Crippen molar-refractivity contribution < 1.29 is 4.39 Å². The van der Waals surface area contributed by atoms with Crippen LogP contribution in [0.3, 0.4) is 0 Å². The Labute approximate surface area is 56.8 Å². The van der Waals surface area contributed by atoms with Gasteiger partial charge in [0.1, 0.15) is 6.67 Å². The smallest absolute Gasteiger partial charge is 0.238 e. The van der Waals surface area contributed by atoms with Gasteiger partial charge in [0.25, 0.3) is 0 Å². The van der Waals surface area contributed by atoms with E-state index in [1.165, 1.54) is 17.1 Å². The quantitative estimate of drug-likeness (QED) is 0.617. The summed E-state index contributed by atoms with van der Waals surface area (Å²) in [5, 5.41) is 10.8. The SMILES string of the molecule is N=c1nccnn1CCF. The van der Waals surface area contributed by atoms with E-state index in [-0.39, 0.29) is 12.2 Å². The first-order chi connectivity index (χ1) is 4.84. The molecule has 0 aliphatic carbocycles. The minimum atomic E-state index is -0.519. The molecule has 0 spiro atoms. The van der Waals surface area contributed by atoms with Gasteiger partial charge in [-0.2, -0.15) is 5.10 Å². The summed E-state index contributed by atoms with van der Waals surface area (Å²) in [4.78, 5) is 3.60. The highest BCUT2D eigenvalue weighted by Gasteiger charge is 1.89. The molecule has 10 heavy (non-hydrogen) atoms. The molecule has 4 nitrogen and oxygen atoms in total. The van der Waals surface area contributed by atoms with Crippen LogP contribution in [0.5, 0.6) is 0 Å². The van der Waals surface area contributed by atoms with E-state index < -0.39 is 6.67 Å². The van der Waals surface area contributed by atoms with Gasteiger partial charge >= 0.3 is 0 Å². The number of halogens is 1. The van der Waals surface area contributed by atoms with Gasteiger partial charge in [0.2, 0.25) is 5.62 Å². The molecule has 54 valence electrons. The maximum atomic E-state index is 11.7. The van der Waals surface area contributed by atoms with Crippen LogP contribution in [-0.4, -0.2) is 21.4 Å². The second-order valence-corrected chi connectivity index (χ2v) is 1.68. The molecule has 0 amide bonds. The standard InChI is InChI=1S/C5H7FN4/c6-1-4-10-5(7)8-2-3-9-10/h2-3,7H,1,4H2. The lowest BCUT2D eigenvalue weighted by Crippen LogP contribution is -2.25. The molecule has 1 heterocycles. The third kappa shape index (κ3) is 1.37. The van der Waals surface area contributed by atoms with Crippen molar-refractivity contribution in [1.29, 1.82) is 5.41 Å². The van der Waals surface area contributed by atoms with Crippen LogP contribution in [0.15, 0.2) is 12.4 Å². The van der Waals surface area contributed by atoms with Crippen molar-refractivity contribution in [2.75, 3.05) is 6.67 Å². The monoisotopic (exact) mass is 142 g/mol. The van der Waals surface area contributed by atoms with E-state index in [1.807, 2.05) is 0 Å². The summed E-state index contributed by atoms with van der Waals surface area (Å²) in [6, 6.07) is 0. The fraction of sp³-hybridized carbons (Fsp3) is 0.400. The van der Waals surface area contributed by atoms with Crippen molar-refractivity contribution in [3.8, 4) is 0 Å². The third-order valence-corrected chi connectivity index (χ3v) is 1.01. The van der Waals surface area contributed by atoms with Gasteiger partial charge in [0.15, 0.2) is 0 Å². The van der Waals surface area contributed by atoms with Crippen LogP contribution in [0.4, 0.5) is 4.39 Å². The number of rotatable bonds is 2. The van der Waals surface area contributed by atoms with Crippen molar-refractivity contribution in [2.24, 2.45) is 0 Å². The zero-order valence-electron chi connectivity index (χ0n) is 5.29. The maximum Gasteiger partial charge on any atom is 0.238 e. The number of hydrogen-bond donors (Lipinski definition) is 1. The topological polar surface area (TPSA) is 54.6 Å². The molecule has 0 fully saturated rings. The summed E-state index contributed by atoms with van der Waals surface area (Å²) >= 11 is 0. The second-order valence-electron chi connectivity index (χ2n) is 1.68. The summed E-state index contributed by atoms with van der Waals surface area (Å²) in [6.45, 7) is -0.415. The predicted octanol–water partition coefficient (Wildman–Crippen LogP) is -0.273. The van der Waals surface area contributed by atoms with E-state index in [4.69, 9.17) is 5.41 Å². The van der Waals surface area contributed by atoms with Gasteiger partial charge in [-0.1, -0.05) is 0 Å². The lowest BCUT2D eigenvalue weighted by atomic mass is 10.7. The normalized spacial score (nSPS) is 9.70. The van der Waals surface area contributed by atoms with Crippen LogP contribution in [0, 0.1) is 5.41 Å². The lowest BCUT2D eigenvalue weighted by Gasteiger charge is -1.97. The molecule has 1 aromatic rings. The van der Waals surface area contributed by atoms with Gasteiger partial charge in [-0.3, -0.25) is 5.41 Å². The van der Waals surface area contributed by atoms with Gasteiger partial charge in [-0.15, -0.1) is 0 Å². The number of hydrogen-bond acceptors (Lipinski definition) is 3. The Bertz CT molecular complexity index is 256. The van der Waals surface area contributed by atoms with Crippen LogP contribution in [0.1, 0.15) is 0 Å². The van der Waals surface area contributed by atoms with E-state index in [0.29, 0.717) is 0 Å². The van der Waals surface area contributed by atoms with Crippen LogP contribution >= 0.6 is 0 Å². The van der Waals surface area contributed by atoms with E-state index in [2.05, 4.69) is 10.1 Å². The molecule has 0 bridgehead atoms. The van der Waals surface area contributed by atoms with E-state index in [0.717, 1.165) is 0 Å². The summed E-state index contributed by atoms with van der Waals surface area (Å²) in [5.41, 5.74) is -0.0137. The third-order valence-electron chi connectivity index (χ3n) is 1.01. The summed E-state index contributed by atoms with van der Waals surface area (Å²) in [6.07, 6.45) is 2.82. The Balaban J connectivity index is 2.92. The molecule has 1 aromatic heterocycles. The van der Waals surface area contributed by atoms with Crippen molar-refractivity contribution in [3.05, 3.63) is 18.0 Å². The average molecular weight is 142 g/mol. The molecule has 0 aromatic carbocycles. The van der Waals surface area contributed by atoms with Gasteiger partial charge in [-0.05, 0) is 0 Å². The largest absolute Gasteiger partial charge is 0.266 e. The second kappa shape index (κ2) is 3.05. The number of nitrogens with zero attached hydrogens (tertiary/aromatic N) is 3. The van der Waals surface area contributed by atoms with Crippen LogP contribution in [0.25, 0.3) is 0 Å². The minimum Gasteiger partial charge on any atom is -0.266 e. The Hall–Kier alpha value is -1.26. The fourth-order valence-corrected chi connectivity index (χ4v) is 0.579. The van der Waals surface area contributed by atoms with E-state index >= 15 is 0 Å². The lowest BCUT2D eigenvalue weighted by molar-refractivity contribution is 0.407. The molecule has 5 heteroatoms. The molecule has 0 aliphatic heterocycles. The fourth-order valence-electron chi connectivity index (χ4n) is 0.579. The molecule has 0 aliphatic rings. The summed E-state index contributed by atoms with van der Waals surface area (Å²) in [7, 11) is 0. The number of aryl methyl sites for hydroxylation is 1. The average Bonchev–Trinajstić information content (AvgIpc) is 1.94. The maximum absolute atomic E-state index is 11.7. The molecular weight excluding hydrogens is 135 g/mol. The first-order valence-corrected chi connectivity index (χ1v) is 2.83. The Kier molecular flexibility index (Phi) is 2.09. The molecule has 0 unspecified atom stereocenters. The number of nitrogens with one attached hydrogen (secondary N) is 1. The highest BCUT2D eigenvalue weighted by molar-refractivity contribution is 4.63. The highest BCUT2D eigenvalue weighted by atomic mass is 19.1. The van der Waals surface area contributed by atoms with Crippen LogP contribution in [0.2, 0.25) is 0 Å². The van der Waals surface area contributed by atoms with Crippen molar-refractivity contribution in [2.45, 2.75) is 6.54 Å². The summed E-state index contributed by atoms with van der Waals surface area (Å²) in [5.74, 6) is 0. The Morgan fingerprint density at radius 1 is 1.60 bits per heavy atom. The van der Waals surface area contributed by atoms with E-state index in [1.54, 1.807) is 0 Å². The summed E-state index contributed by atoms with van der Waals surface area (Å²) < 4.78 is 12.9. The van der Waals surface area contributed by atoms with Gasteiger partial charge in [0.05, 0.1) is 18.9 Å². The van der Waals surface area contributed by atoms with Gasteiger partial charge < -0.3 is 0 Å². The van der Waals surface area contributed by atoms with Gasteiger partial charge in [0, 0.05) is 0 Å². The molecule has 0 saturated carbocycles. The Morgan fingerprint density at radius 3 is 3.00 bits per heavy atom. The molecule has 1 rings (SSSR count). The first kappa shape index (κ1) is 6.85. The van der Waals surface area contributed by atoms with Crippen molar-refractivity contribution >= 4 is 0 Å². The van der Waals surface area contributed by atoms with Crippen LogP contribution in [-0.2, 0) is 6.54 Å². The zero-order valence-corrected chi connectivity index (χ0v) is 5.29. The van der Waals surface area contributed by atoms with Crippen LogP contribution < -0.4 is 5.62 Å². The highest BCUT2D eigenvalue weighted by Crippen LogP contribution is 1.73. The van der Waals surface area contributed by atoms with E-state index in [9.17, 15) is 4.39 Å².